The van der Waals surface area contributed by atoms with Crippen molar-refractivity contribution in [3.63, 3.8) is 0 Å². The van der Waals surface area contributed by atoms with E-state index in [1.807, 2.05) is 6.07 Å². The Labute approximate surface area is 115 Å². The number of nitrogens with zero attached hydrogens (tertiary/aromatic N) is 1. The molecule has 2 rings (SSSR count). The van der Waals surface area contributed by atoms with Crippen molar-refractivity contribution in [2.75, 3.05) is 7.05 Å². The first kappa shape index (κ1) is 14.3. The van der Waals surface area contributed by atoms with Gasteiger partial charge in [0.1, 0.15) is 5.69 Å². The number of aromatic amines is 1. The van der Waals surface area contributed by atoms with Crippen LogP contribution in [0.15, 0.2) is 29.3 Å². The first-order chi connectivity index (χ1) is 8.10. The number of guanidine groups is 1. The predicted octanol–water partition coefficient (Wildman–Crippen LogP) is 1.92. The van der Waals surface area contributed by atoms with Gasteiger partial charge >= 0.3 is 0 Å². The maximum Gasteiger partial charge on any atom is 0.296 e. The Hall–Kier alpha value is -1.72. The Bertz CT molecular complexity index is 606. The van der Waals surface area contributed by atoms with E-state index in [4.69, 9.17) is 17.3 Å². The zero-order valence-electron chi connectivity index (χ0n) is 9.53. The van der Waals surface area contributed by atoms with E-state index >= 15 is 0 Å². The molecule has 1 amide bonds. The van der Waals surface area contributed by atoms with Crippen molar-refractivity contribution >= 4 is 46.8 Å². The average molecular weight is 287 g/mol. The number of carbonyl (C=O) groups is 1. The molecule has 0 aliphatic carbocycles. The van der Waals surface area contributed by atoms with Crippen molar-refractivity contribution in [3.05, 3.63) is 35.0 Å². The molecular weight excluding hydrogens is 275 g/mol. The third-order valence-electron chi connectivity index (χ3n) is 2.29. The van der Waals surface area contributed by atoms with Crippen LogP contribution in [0.4, 0.5) is 0 Å². The molecule has 0 fully saturated rings. The van der Waals surface area contributed by atoms with Gasteiger partial charge in [-0.2, -0.15) is 4.99 Å². The summed E-state index contributed by atoms with van der Waals surface area (Å²) in [6.07, 6.45) is 0. The molecule has 5 nitrogen and oxygen atoms in total. The van der Waals surface area contributed by atoms with Crippen LogP contribution in [0.2, 0.25) is 5.02 Å². The Morgan fingerprint density at radius 1 is 1.44 bits per heavy atom. The van der Waals surface area contributed by atoms with Crippen LogP contribution in [-0.4, -0.2) is 23.9 Å². The highest BCUT2D eigenvalue weighted by molar-refractivity contribution is 6.31. The number of fused-ring (bicyclic) bond motifs is 1. The van der Waals surface area contributed by atoms with E-state index in [2.05, 4.69) is 15.3 Å². The number of rotatable bonds is 1. The van der Waals surface area contributed by atoms with Crippen molar-refractivity contribution in [3.8, 4) is 0 Å². The van der Waals surface area contributed by atoms with Crippen LogP contribution >= 0.6 is 24.0 Å². The SMILES string of the molecule is CNC(N)=NC(=O)c1cc2ccc(Cl)cc2[nH]1.Cl. The molecule has 0 unspecified atom stereocenters. The largest absolute Gasteiger partial charge is 0.370 e. The smallest absolute Gasteiger partial charge is 0.296 e. The van der Waals surface area contributed by atoms with Crippen LogP contribution in [0, 0.1) is 0 Å². The zero-order chi connectivity index (χ0) is 12.4. The van der Waals surface area contributed by atoms with E-state index in [1.54, 1.807) is 25.2 Å². The first-order valence-corrected chi connectivity index (χ1v) is 5.32. The van der Waals surface area contributed by atoms with E-state index in [9.17, 15) is 4.79 Å². The van der Waals surface area contributed by atoms with Gasteiger partial charge in [0.05, 0.1) is 0 Å². The van der Waals surface area contributed by atoms with Gasteiger partial charge in [0.15, 0.2) is 5.96 Å². The van der Waals surface area contributed by atoms with Crippen molar-refractivity contribution < 1.29 is 4.79 Å². The monoisotopic (exact) mass is 286 g/mol. The second-order valence-corrected chi connectivity index (χ2v) is 3.90. The number of benzene rings is 1. The molecule has 1 aromatic carbocycles. The van der Waals surface area contributed by atoms with Crippen LogP contribution in [0.5, 0.6) is 0 Å². The fraction of sp³-hybridized carbons (Fsp3) is 0.0909. The maximum atomic E-state index is 11.7. The number of nitrogens with two attached hydrogens (primary N) is 1. The molecule has 96 valence electrons. The molecule has 1 heterocycles. The number of carbonyl (C=O) groups excluding carboxylic acids is 1. The standard InChI is InChI=1S/C11H11ClN4O.ClH/c1-14-11(13)16-10(17)9-4-6-2-3-7(12)5-8(6)15-9;/h2-5,15H,1H3,(H3,13,14,16,17);1H. The van der Waals surface area contributed by atoms with Gasteiger partial charge in [-0.25, -0.2) is 0 Å². The van der Waals surface area contributed by atoms with E-state index in [-0.39, 0.29) is 18.4 Å². The second-order valence-electron chi connectivity index (χ2n) is 3.47. The predicted molar refractivity (Wildman–Crippen MR) is 75.6 cm³/mol. The maximum absolute atomic E-state index is 11.7. The Balaban J connectivity index is 0.00000162. The van der Waals surface area contributed by atoms with Crippen LogP contribution in [0.3, 0.4) is 0 Å². The van der Waals surface area contributed by atoms with Gasteiger partial charge in [0.2, 0.25) is 0 Å². The van der Waals surface area contributed by atoms with Gasteiger partial charge in [-0.1, -0.05) is 17.7 Å². The van der Waals surface area contributed by atoms with Crippen LogP contribution in [-0.2, 0) is 0 Å². The highest BCUT2D eigenvalue weighted by atomic mass is 35.5. The highest BCUT2D eigenvalue weighted by Crippen LogP contribution is 2.20. The van der Waals surface area contributed by atoms with Gasteiger partial charge < -0.3 is 16.0 Å². The summed E-state index contributed by atoms with van der Waals surface area (Å²) in [6, 6.07) is 7.05. The van der Waals surface area contributed by atoms with Crippen molar-refractivity contribution in [2.24, 2.45) is 10.7 Å². The molecule has 18 heavy (non-hydrogen) atoms. The summed E-state index contributed by atoms with van der Waals surface area (Å²) in [4.78, 5) is 18.3. The third-order valence-corrected chi connectivity index (χ3v) is 2.53. The van der Waals surface area contributed by atoms with Crippen LogP contribution < -0.4 is 11.1 Å². The molecule has 0 saturated carbocycles. The number of halogens is 2. The minimum absolute atomic E-state index is 0. The highest BCUT2D eigenvalue weighted by Gasteiger charge is 2.09. The Morgan fingerprint density at radius 3 is 2.83 bits per heavy atom. The molecule has 0 atom stereocenters. The number of aliphatic imine (C=N–C) groups is 1. The van der Waals surface area contributed by atoms with E-state index in [1.165, 1.54) is 0 Å². The number of aromatic nitrogens is 1. The average Bonchev–Trinajstić information content (AvgIpc) is 2.71. The molecule has 0 bridgehead atoms. The Morgan fingerprint density at radius 2 is 2.17 bits per heavy atom. The minimum Gasteiger partial charge on any atom is -0.370 e. The lowest BCUT2D eigenvalue weighted by Crippen LogP contribution is -2.28. The van der Waals surface area contributed by atoms with Gasteiger partial charge in [-0.15, -0.1) is 12.4 Å². The van der Waals surface area contributed by atoms with Crippen molar-refractivity contribution in [1.82, 2.24) is 10.3 Å². The molecule has 0 radical (unpaired) electrons. The normalized spacial score (nSPS) is 11.1. The summed E-state index contributed by atoms with van der Waals surface area (Å²) in [6.45, 7) is 0. The molecule has 4 N–H and O–H groups in total. The lowest BCUT2D eigenvalue weighted by molar-refractivity contribution is 0.0998. The zero-order valence-corrected chi connectivity index (χ0v) is 11.1. The third kappa shape index (κ3) is 2.94. The summed E-state index contributed by atoms with van der Waals surface area (Å²) in [5, 5.41) is 4.09. The molecule has 0 saturated heterocycles. The number of hydrogen-bond acceptors (Lipinski definition) is 1. The van der Waals surface area contributed by atoms with Crippen LogP contribution in [0.1, 0.15) is 10.5 Å². The van der Waals surface area contributed by atoms with Crippen LogP contribution in [0.25, 0.3) is 10.9 Å². The van der Waals surface area contributed by atoms with E-state index in [0.717, 1.165) is 10.9 Å². The number of H-pyrrole nitrogens is 1. The number of nitrogens with one attached hydrogen (secondary N) is 2. The Kier molecular flexibility index (Phi) is 4.58. The minimum atomic E-state index is -0.427. The number of amides is 1. The summed E-state index contributed by atoms with van der Waals surface area (Å²) >= 11 is 5.85. The summed E-state index contributed by atoms with van der Waals surface area (Å²) < 4.78 is 0. The number of hydrogen-bond donors (Lipinski definition) is 3. The second kappa shape index (κ2) is 5.75. The van der Waals surface area contributed by atoms with Gasteiger partial charge in [-0.3, -0.25) is 4.79 Å². The molecule has 2 aromatic rings. The van der Waals surface area contributed by atoms with Crippen molar-refractivity contribution in [1.29, 1.82) is 0 Å². The lowest BCUT2D eigenvalue weighted by Gasteiger charge is -1.95. The molecule has 0 spiro atoms. The van der Waals surface area contributed by atoms with Gasteiger partial charge in [-0.05, 0) is 18.2 Å². The molecule has 7 heteroatoms. The molecule has 0 aliphatic rings. The summed E-state index contributed by atoms with van der Waals surface area (Å²) in [7, 11) is 1.59. The summed E-state index contributed by atoms with van der Waals surface area (Å²) in [5.74, 6) is -0.351. The topological polar surface area (TPSA) is 83.3 Å². The van der Waals surface area contributed by atoms with Gasteiger partial charge in [0.25, 0.3) is 5.91 Å². The fourth-order valence-electron chi connectivity index (χ4n) is 1.44. The first-order valence-electron chi connectivity index (χ1n) is 4.94. The molecular formula is C11H12Cl2N4O. The molecule has 0 aliphatic heterocycles. The van der Waals surface area contributed by atoms with E-state index in [0.29, 0.717) is 10.7 Å². The van der Waals surface area contributed by atoms with E-state index < -0.39 is 5.91 Å². The van der Waals surface area contributed by atoms with Gasteiger partial charge in [0, 0.05) is 23.0 Å². The quantitative estimate of drug-likeness (QED) is 0.553. The van der Waals surface area contributed by atoms with Crippen molar-refractivity contribution in [2.45, 2.75) is 0 Å². The lowest BCUT2D eigenvalue weighted by atomic mass is 10.2. The summed E-state index contributed by atoms with van der Waals surface area (Å²) in [5.41, 5.74) is 6.58. The fourth-order valence-corrected chi connectivity index (χ4v) is 1.61. The molecule has 1 aromatic heterocycles.